The summed E-state index contributed by atoms with van der Waals surface area (Å²) in [7, 11) is 0. The van der Waals surface area contributed by atoms with Gasteiger partial charge in [0.2, 0.25) is 5.82 Å². The number of nitrogens with zero attached hydrogens (tertiary/aromatic N) is 3. The summed E-state index contributed by atoms with van der Waals surface area (Å²) in [5.41, 5.74) is 6.68. The lowest BCUT2D eigenvalue weighted by molar-refractivity contribution is 0.0272. The quantitative estimate of drug-likeness (QED) is 0.468. The van der Waals surface area contributed by atoms with Crippen LogP contribution in [0, 0.1) is 32.1 Å². The van der Waals surface area contributed by atoms with Crippen molar-refractivity contribution in [3.8, 4) is 6.07 Å². The van der Waals surface area contributed by atoms with Crippen LogP contribution in [-0.4, -0.2) is 15.4 Å². The van der Waals surface area contributed by atoms with E-state index in [0.29, 0.717) is 22.6 Å². The Morgan fingerprint density at radius 1 is 0.929 bits per heavy atom. The lowest BCUT2D eigenvalue weighted by Gasteiger charge is -2.18. The molecule has 0 aliphatic carbocycles. The van der Waals surface area contributed by atoms with Gasteiger partial charge in [0.25, 0.3) is 0 Å². The lowest BCUT2D eigenvalue weighted by atomic mass is 10.0. The van der Waals surface area contributed by atoms with E-state index in [1.165, 1.54) is 11.8 Å². The highest BCUT2D eigenvalue weighted by molar-refractivity contribution is 5.77. The molecule has 0 amide bonds. The van der Waals surface area contributed by atoms with Crippen molar-refractivity contribution in [3.63, 3.8) is 0 Å². The second-order valence-electron chi connectivity index (χ2n) is 6.60. The van der Waals surface area contributed by atoms with E-state index in [9.17, 15) is 10.4 Å². The van der Waals surface area contributed by atoms with E-state index >= 15 is 0 Å². The number of benzene rings is 2. The molecule has 7 nitrogen and oxygen atoms in total. The van der Waals surface area contributed by atoms with Crippen LogP contribution >= 0.6 is 0 Å². The van der Waals surface area contributed by atoms with Gasteiger partial charge in [-0.2, -0.15) is 5.26 Å². The molecule has 0 unspecified atom stereocenters. The van der Waals surface area contributed by atoms with Gasteiger partial charge < -0.3 is 10.6 Å². The Morgan fingerprint density at radius 2 is 1.57 bits per heavy atom. The maximum Gasteiger partial charge on any atom is 0.206 e. The summed E-state index contributed by atoms with van der Waals surface area (Å²) >= 11 is 0. The van der Waals surface area contributed by atoms with Crippen LogP contribution in [0.2, 0.25) is 0 Å². The maximum absolute atomic E-state index is 9.49. The molecule has 3 aromatic rings. The SMILES string of the molecule is Cc1cc(C)c(Nc2cnc(N(O)O)c(Nc3ccc(C#N)cc3)c2)c(C)c1. The van der Waals surface area contributed by atoms with Gasteiger partial charge in [0.1, 0.15) is 0 Å². The Balaban J connectivity index is 1.94. The molecule has 0 radical (unpaired) electrons. The van der Waals surface area contributed by atoms with Crippen LogP contribution in [0.1, 0.15) is 22.3 Å². The topological polar surface area (TPSA) is 104 Å². The first-order valence-corrected chi connectivity index (χ1v) is 8.67. The molecule has 7 heteroatoms. The predicted octanol–water partition coefficient (Wildman–Crippen LogP) is 4.95. The Bertz CT molecular complexity index is 1020. The van der Waals surface area contributed by atoms with E-state index in [2.05, 4.69) is 40.7 Å². The van der Waals surface area contributed by atoms with Gasteiger partial charge in [-0.05, 0) is 62.2 Å². The van der Waals surface area contributed by atoms with Crippen molar-refractivity contribution in [1.82, 2.24) is 4.98 Å². The number of nitrogens with one attached hydrogen (secondary N) is 2. The summed E-state index contributed by atoms with van der Waals surface area (Å²) < 4.78 is 0. The Labute approximate surface area is 163 Å². The molecule has 0 fully saturated rings. The minimum atomic E-state index is -0.0488. The monoisotopic (exact) mass is 375 g/mol. The number of hydrogen-bond donors (Lipinski definition) is 4. The average molecular weight is 375 g/mol. The molecule has 0 aliphatic heterocycles. The van der Waals surface area contributed by atoms with Crippen molar-refractivity contribution in [2.75, 3.05) is 15.9 Å². The molecule has 0 atom stereocenters. The Morgan fingerprint density at radius 3 is 2.14 bits per heavy atom. The Hall–Kier alpha value is -3.60. The summed E-state index contributed by atoms with van der Waals surface area (Å²) in [5.74, 6) is -0.0488. The number of rotatable bonds is 5. The Kier molecular flexibility index (Phi) is 5.45. The molecule has 0 aliphatic rings. The van der Waals surface area contributed by atoms with Crippen molar-refractivity contribution in [1.29, 1.82) is 5.26 Å². The zero-order chi connectivity index (χ0) is 20.3. The fourth-order valence-corrected chi connectivity index (χ4v) is 3.08. The van der Waals surface area contributed by atoms with Crippen LogP contribution in [0.3, 0.4) is 0 Å². The molecule has 1 aromatic heterocycles. The van der Waals surface area contributed by atoms with E-state index in [0.717, 1.165) is 16.8 Å². The molecule has 3 rings (SSSR count). The van der Waals surface area contributed by atoms with Crippen molar-refractivity contribution in [3.05, 3.63) is 70.9 Å². The molecule has 0 bridgehead atoms. The van der Waals surface area contributed by atoms with Crippen LogP contribution < -0.4 is 15.9 Å². The third-order valence-corrected chi connectivity index (χ3v) is 4.30. The van der Waals surface area contributed by atoms with E-state index in [4.69, 9.17) is 5.26 Å². The minimum Gasteiger partial charge on any atom is -0.354 e. The molecular formula is C21H21N5O2. The van der Waals surface area contributed by atoms with Crippen LogP contribution in [-0.2, 0) is 0 Å². The van der Waals surface area contributed by atoms with Crippen LogP contribution in [0.25, 0.3) is 0 Å². The van der Waals surface area contributed by atoms with E-state index in [-0.39, 0.29) is 11.0 Å². The van der Waals surface area contributed by atoms with Crippen molar-refractivity contribution >= 4 is 28.6 Å². The number of pyridine rings is 1. The molecule has 1 heterocycles. The number of hydrogen-bond acceptors (Lipinski definition) is 7. The summed E-state index contributed by atoms with van der Waals surface area (Å²) in [6, 6.07) is 14.8. The van der Waals surface area contributed by atoms with Gasteiger partial charge in [0.15, 0.2) is 0 Å². The van der Waals surface area contributed by atoms with Crippen molar-refractivity contribution in [2.45, 2.75) is 20.8 Å². The number of aromatic nitrogens is 1. The first-order valence-electron chi connectivity index (χ1n) is 8.67. The third-order valence-electron chi connectivity index (χ3n) is 4.30. The van der Waals surface area contributed by atoms with Gasteiger partial charge >= 0.3 is 0 Å². The van der Waals surface area contributed by atoms with Gasteiger partial charge in [0.05, 0.1) is 29.2 Å². The number of anilines is 5. The fraction of sp³-hybridized carbons (Fsp3) is 0.143. The highest BCUT2D eigenvalue weighted by atomic mass is 16.8. The molecule has 28 heavy (non-hydrogen) atoms. The van der Waals surface area contributed by atoms with Crippen LogP contribution in [0.4, 0.5) is 28.6 Å². The normalized spacial score (nSPS) is 10.3. The van der Waals surface area contributed by atoms with Crippen molar-refractivity contribution < 1.29 is 10.4 Å². The minimum absolute atomic E-state index is 0.0296. The maximum atomic E-state index is 9.49. The zero-order valence-corrected chi connectivity index (χ0v) is 15.9. The highest BCUT2D eigenvalue weighted by Gasteiger charge is 2.13. The summed E-state index contributed by atoms with van der Waals surface area (Å²) in [6.45, 7) is 6.11. The zero-order valence-electron chi connectivity index (χ0n) is 15.9. The lowest BCUT2D eigenvalue weighted by Crippen LogP contribution is -2.15. The standard InChI is InChI=1S/C21H21N5O2/c1-13-8-14(2)20(15(3)9-13)25-18-10-19(21(23-12-18)26(27)28)24-17-6-4-16(11-22)5-7-17/h4-10,12,24-25,27-28H,1-3H3. The van der Waals surface area contributed by atoms with Crippen LogP contribution in [0.15, 0.2) is 48.7 Å². The van der Waals surface area contributed by atoms with Gasteiger partial charge in [-0.1, -0.05) is 17.7 Å². The third kappa shape index (κ3) is 4.20. The molecule has 0 spiro atoms. The van der Waals surface area contributed by atoms with Gasteiger partial charge in [-0.15, -0.1) is 5.23 Å². The van der Waals surface area contributed by atoms with Crippen LogP contribution in [0.5, 0.6) is 0 Å². The first kappa shape index (κ1) is 19.2. The molecule has 4 N–H and O–H groups in total. The molecule has 0 saturated heterocycles. The second kappa shape index (κ2) is 7.96. The summed E-state index contributed by atoms with van der Waals surface area (Å²) in [5, 5.41) is 34.3. The summed E-state index contributed by atoms with van der Waals surface area (Å²) in [4.78, 5) is 4.13. The fourth-order valence-electron chi connectivity index (χ4n) is 3.08. The second-order valence-corrected chi connectivity index (χ2v) is 6.60. The van der Waals surface area contributed by atoms with Gasteiger partial charge in [-0.25, -0.2) is 4.98 Å². The van der Waals surface area contributed by atoms with Gasteiger partial charge in [-0.3, -0.25) is 10.4 Å². The smallest absolute Gasteiger partial charge is 0.206 e. The molecular weight excluding hydrogens is 354 g/mol. The summed E-state index contributed by atoms with van der Waals surface area (Å²) in [6.07, 6.45) is 1.53. The molecule has 2 aromatic carbocycles. The number of nitriles is 1. The molecule has 0 saturated carbocycles. The largest absolute Gasteiger partial charge is 0.354 e. The van der Waals surface area contributed by atoms with E-state index < -0.39 is 0 Å². The van der Waals surface area contributed by atoms with Crippen molar-refractivity contribution in [2.24, 2.45) is 0 Å². The van der Waals surface area contributed by atoms with E-state index in [1.807, 2.05) is 13.8 Å². The molecule has 142 valence electrons. The van der Waals surface area contributed by atoms with Gasteiger partial charge in [0, 0.05) is 11.4 Å². The first-order chi connectivity index (χ1) is 13.4. The predicted molar refractivity (Wildman–Crippen MR) is 109 cm³/mol. The van der Waals surface area contributed by atoms with E-state index in [1.54, 1.807) is 30.3 Å². The highest BCUT2D eigenvalue weighted by Crippen LogP contribution is 2.31. The number of aryl methyl sites for hydroxylation is 3. The average Bonchev–Trinajstić information content (AvgIpc) is 2.65.